The molecule has 1 unspecified atom stereocenters. The molecule has 0 amide bonds. The van der Waals surface area contributed by atoms with E-state index in [1.807, 2.05) is 20.8 Å². The van der Waals surface area contributed by atoms with Gasteiger partial charge in [-0.15, -0.1) is 11.6 Å². The molecule has 0 saturated heterocycles. The van der Waals surface area contributed by atoms with E-state index in [1.54, 1.807) is 24.3 Å². The van der Waals surface area contributed by atoms with Crippen molar-refractivity contribution in [3.8, 4) is 5.75 Å². The lowest BCUT2D eigenvalue weighted by Crippen LogP contribution is -2.37. The third kappa shape index (κ3) is 3.90. The number of benzene rings is 1. The van der Waals surface area contributed by atoms with Crippen molar-refractivity contribution >= 4 is 29.0 Å². The summed E-state index contributed by atoms with van der Waals surface area (Å²) in [6, 6.07) is 7.03. The van der Waals surface area contributed by atoms with Crippen molar-refractivity contribution in [2.24, 2.45) is 5.41 Å². The molecule has 2 nitrogen and oxygen atoms in total. The zero-order valence-corrected chi connectivity index (χ0v) is 11.7. The molecule has 0 radical (unpaired) electrons. The van der Waals surface area contributed by atoms with Crippen LogP contribution < -0.4 is 4.74 Å². The van der Waals surface area contributed by atoms with Gasteiger partial charge in [0.25, 0.3) is 0 Å². The summed E-state index contributed by atoms with van der Waals surface area (Å²) in [5.74, 6) is 0.561. The molecule has 0 aliphatic carbocycles. The first-order valence-corrected chi connectivity index (χ1v) is 6.29. The third-order valence-electron chi connectivity index (χ3n) is 2.28. The Labute approximate surface area is 112 Å². The second-order valence-corrected chi connectivity index (χ2v) is 5.52. The first-order valence-electron chi connectivity index (χ1n) is 5.37. The summed E-state index contributed by atoms with van der Waals surface area (Å²) in [4.78, 5) is 12.1. The third-order valence-corrected chi connectivity index (χ3v) is 2.87. The molecule has 17 heavy (non-hydrogen) atoms. The lowest BCUT2D eigenvalue weighted by atomic mass is 9.88. The van der Waals surface area contributed by atoms with Crippen LogP contribution in [-0.2, 0) is 4.79 Å². The number of rotatable bonds is 4. The largest absolute Gasteiger partial charge is 0.480 e. The number of Topliss-reactive ketones (excluding diaryl/α,β-unsaturated/α-hetero) is 1. The molecule has 0 saturated carbocycles. The Kier molecular flexibility index (Phi) is 4.84. The van der Waals surface area contributed by atoms with Gasteiger partial charge in [-0.05, 0) is 12.1 Å². The van der Waals surface area contributed by atoms with Crippen molar-refractivity contribution in [2.75, 3.05) is 5.88 Å². The molecule has 4 heteroatoms. The zero-order valence-electron chi connectivity index (χ0n) is 10.2. The highest BCUT2D eigenvalue weighted by Gasteiger charge is 2.30. The summed E-state index contributed by atoms with van der Waals surface area (Å²) in [7, 11) is 0. The Balaban J connectivity index is 2.85. The number of halogens is 2. The summed E-state index contributed by atoms with van der Waals surface area (Å²) < 4.78 is 5.57. The molecule has 0 fully saturated rings. The van der Waals surface area contributed by atoms with Crippen LogP contribution in [-0.4, -0.2) is 17.8 Å². The van der Waals surface area contributed by atoms with Gasteiger partial charge in [-0.2, -0.15) is 0 Å². The Hall–Kier alpha value is -0.730. The molecule has 0 spiro atoms. The van der Waals surface area contributed by atoms with Crippen LogP contribution in [0.3, 0.4) is 0 Å². The minimum atomic E-state index is -0.670. The minimum Gasteiger partial charge on any atom is -0.480 e. The van der Waals surface area contributed by atoms with E-state index in [1.165, 1.54) is 0 Å². The fourth-order valence-electron chi connectivity index (χ4n) is 1.33. The van der Waals surface area contributed by atoms with Crippen LogP contribution in [0.25, 0.3) is 0 Å². The van der Waals surface area contributed by atoms with E-state index in [9.17, 15) is 4.79 Å². The molecule has 1 aromatic carbocycles. The van der Waals surface area contributed by atoms with Crippen molar-refractivity contribution < 1.29 is 9.53 Å². The molecule has 94 valence electrons. The molecule has 1 atom stereocenters. The van der Waals surface area contributed by atoms with Gasteiger partial charge in [0.2, 0.25) is 0 Å². The summed E-state index contributed by atoms with van der Waals surface area (Å²) >= 11 is 11.7. The van der Waals surface area contributed by atoms with Gasteiger partial charge in [-0.25, -0.2) is 0 Å². The SMILES string of the molecule is CC(C)(C)C(=O)C(CCl)Oc1ccccc1Cl. The number of hydrogen-bond donors (Lipinski definition) is 0. The zero-order chi connectivity index (χ0) is 13.1. The normalized spacial score (nSPS) is 13.2. The van der Waals surface area contributed by atoms with Gasteiger partial charge in [-0.3, -0.25) is 4.79 Å². The first-order chi connectivity index (χ1) is 7.86. The number of hydrogen-bond acceptors (Lipinski definition) is 2. The van der Waals surface area contributed by atoms with Gasteiger partial charge in [0.1, 0.15) is 5.75 Å². The molecule has 0 bridgehead atoms. The summed E-state index contributed by atoms with van der Waals surface area (Å²) in [5, 5.41) is 0.476. The Morgan fingerprint density at radius 2 is 1.94 bits per heavy atom. The van der Waals surface area contributed by atoms with Gasteiger partial charge in [-0.1, -0.05) is 44.5 Å². The second kappa shape index (κ2) is 5.74. The smallest absolute Gasteiger partial charge is 0.179 e. The second-order valence-electron chi connectivity index (χ2n) is 4.81. The fourth-order valence-corrected chi connectivity index (χ4v) is 1.72. The molecule has 0 heterocycles. The van der Waals surface area contributed by atoms with Crippen LogP contribution in [0.5, 0.6) is 5.75 Å². The van der Waals surface area contributed by atoms with Crippen molar-refractivity contribution in [3.63, 3.8) is 0 Å². The van der Waals surface area contributed by atoms with E-state index in [0.29, 0.717) is 10.8 Å². The van der Waals surface area contributed by atoms with E-state index in [4.69, 9.17) is 27.9 Å². The molecule has 0 aliphatic heterocycles. The van der Waals surface area contributed by atoms with Crippen LogP contribution in [0, 0.1) is 5.41 Å². The standard InChI is InChI=1S/C13H16Cl2O2/c1-13(2,3)12(16)11(8-14)17-10-7-5-4-6-9(10)15/h4-7,11H,8H2,1-3H3. The van der Waals surface area contributed by atoms with Crippen molar-refractivity contribution in [1.29, 1.82) is 0 Å². The van der Waals surface area contributed by atoms with Crippen LogP contribution in [0.2, 0.25) is 5.02 Å². The lowest BCUT2D eigenvalue weighted by Gasteiger charge is -2.24. The predicted octanol–water partition coefficient (Wildman–Crippen LogP) is 3.94. The Morgan fingerprint density at radius 3 is 2.41 bits per heavy atom. The topological polar surface area (TPSA) is 26.3 Å². The monoisotopic (exact) mass is 274 g/mol. The Bertz CT molecular complexity index is 397. The van der Waals surface area contributed by atoms with Gasteiger partial charge >= 0.3 is 0 Å². The van der Waals surface area contributed by atoms with Gasteiger partial charge in [0.05, 0.1) is 10.9 Å². The highest BCUT2D eigenvalue weighted by atomic mass is 35.5. The molecular formula is C13H16Cl2O2. The maximum absolute atomic E-state index is 12.1. The molecule has 1 aromatic rings. The number of carbonyl (C=O) groups is 1. The minimum absolute atomic E-state index is 0.0348. The summed E-state index contributed by atoms with van der Waals surface area (Å²) in [6.07, 6.45) is -0.670. The van der Waals surface area contributed by atoms with Crippen molar-refractivity contribution in [2.45, 2.75) is 26.9 Å². The number of alkyl halides is 1. The van der Waals surface area contributed by atoms with E-state index in [-0.39, 0.29) is 11.7 Å². The van der Waals surface area contributed by atoms with Crippen molar-refractivity contribution in [3.05, 3.63) is 29.3 Å². The molecule has 0 aromatic heterocycles. The average Bonchev–Trinajstić information content (AvgIpc) is 2.26. The maximum atomic E-state index is 12.1. The number of carbonyl (C=O) groups excluding carboxylic acids is 1. The van der Waals surface area contributed by atoms with E-state index < -0.39 is 11.5 Å². The number of ether oxygens (including phenoxy) is 1. The quantitative estimate of drug-likeness (QED) is 0.778. The van der Waals surface area contributed by atoms with Crippen molar-refractivity contribution in [1.82, 2.24) is 0 Å². The van der Waals surface area contributed by atoms with E-state index in [2.05, 4.69) is 0 Å². The van der Waals surface area contributed by atoms with Gasteiger partial charge in [0, 0.05) is 5.41 Å². The van der Waals surface area contributed by atoms with E-state index >= 15 is 0 Å². The van der Waals surface area contributed by atoms with Crippen LogP contribution in [0.15, 0.2) is 24.3 Å². The molecule has 0 N–H and O–H groups in total. The predicted molar refractivity (Wildman–Crippen MR) is 71.1 cm³/mol. The van der Waals surface area contributed by atoms with Crippen LogP contribution >= 0.6 is 23.2 Å². The lowest BCUT2D eigenvalue weighted by molar-refractivity contribution is -0.132. The van der Waals surface area contributed by atoms with Gasteiger partial charge < -0.3 is 4.74 Å². The first kappa shape index (κ1) is 14.3. The highest BCUT2D eigenvalue weighted by Crippen LogP contribution is 2.27. The summed E-state index contributed by atoms with van der Waals surface area (Å²) in [5.41, 5.74) is -0.485. The molecule has 0 aliphatic rings. The number of ketones is 1. The Morgan fingerprint density at radius 1 is 1.35 bits per heavy atom. The summed E-state index contributed by atoms with van der Waals surface area (Å²) in [6.45, 7) is 5.51. The van der Waals surface area contributed by atoms with Crippen LogP contribution in [0.4, 0.5) is 0 Å². The number of para-hydroxylation sites is 1. The fraction of sp³-hybridized carbons (Fsp3) is 0.462. The molecular weight excluding hydrogens is 259 g/mol. The maximum Gasteiger partial charge on any atom is 0.179 e. The van der Waals surface area contributed by atoms with E-state index in [0.717, 1.165) is 0 Å². The average molecular weight is 275 g/mol. The highest BCUT2D eigenvalue weighted by molar-refractivity contribution is 6.32. The molecule has 1 rings (SSSR count). The van der Waals surface area contributed by atoms with Gasteiger partial charge in [0.15, 0.2) is 11.9 Å². The van der Waals surface area contributed by atoms with Crippen LogP contribution in [0.1, 0.15) is 20.8 Å².